The smallest absolute Gasteiger partial charge is 0.254 e. The van der Waals surface area contributed by atoms with Crippen molar-refractivity contribution in [2.24, 2.45) is 0 Å². The highest BCUT2D eigenvalue weighted by atomic mass is 16.1. The monoisotopic (exact) mass is 442 g/mol. The Morgan fingerprint density at radius 3 is 2.73 bits per heavy atom. The minimum absolute atomic E-state index is 0.106. The molecule has 1 N–H and O–H groups in total. The van der Waals surface area contributed by atoms with Crippen LogP contribution in [0.15, 0.2) is 47.3 Å². The number of H-pyrrole nitrogens is 1. The molecule has 2 aromatic heterocycles. The third kappa shape index (κ3) is 3.52. The summed E-state index contributed by atoms with van der Waals surface area (Å²) in [6, 6.07) is 14.2. The third-order valence-electron chi connectivity index (χ3n) is 7.05. The van der Waals surface area contributed by atoms with E-state index in [1.807, 2.05) is 29.8 Å². The number of aromatic amines is 1. The predicted octanol–water partition coefficient (Wildman–Crippen LogP) is 4.43. The van der Waals surface area contributed by atoms with Crippen LogP contribution < -0.4 is 10.5 Å². The molecule has 0 amide bonds. The van der Waals surface area contributed by atoms with Gasteiger partial charge in [-0.1, -0.05) is 31.2 Å². The molecule has 4 aromatic rings. The number of fused-ring (bicyclic) bond motifs is 2. The lowest BCUT2D eigenvalue weighted by molar-refractivity contribution is 0.287. The summed E-state index contributed by atoms with van der Waals surface area (Å²) in [6.45, 7) is 11.3. The maximum atomic E-state index is 13.5. The topological polar surface area (TPSA) is 79.7 Å². The lowest BCUT2D eigenvalue weighted by Crippen LogP contribution is -2.37. The quantitative estimate of drug-likeness (QED) is 0.495. The zero-order chi connectivity index (χ0) is 23.3. The second-order valence-corrected chi connectivity index (χ2v) is 9.69. The number of nitrogens with one attached hydrogen (secondary N) is 1. The van der Waals surface area contributed by atoms with Crippen LogP contribution in [-0.2, 0) is 12.0 Å². The molecule has 0 bridgehead atoms. The first kappa shape index (κ1) is 21.4. The summed E-state index contributed by atoms with van der Waals surface area (Å²) in [5.41, 5.74) is 5.80. The van der Waals surface area contributed by atoms with Crippen molar-refractivity contribution in [1.29, 1.82) is 0 Å². The maximum absolute atomic E-state index is 13.5. The van der Waals surface area contributed by atoms with Gasteiger partial charge in [0.25, 0.3) is 5.56 Å². The number of rotatable bonds is 5. The number of aryl methyl sites for hydroxylation is 2. The maximum Gasteiger partial charge on any atom is 0.254 e. The number of hydrogen-bond acceptors (Lipinski definition) is 5. The number of hydrogen-bond donors (Lipinski definition) is 1. The molecule has 0 fully saturated rings. The van der Waals surface area contributed by atoms with E-state index >= 15 is 0 Å². The van der Waals surface area contributed by atoms with Gasteiger partial charge in [0.1, 0.15) is 6.04 Å². The SMILES string of the molecule is CCC(C)(C)n1nnnc1[C@H](c1cc2c(C)cc(C)cc2[nH]c1=O)N1CCc2ccccc21. The molecule has 0 radical (unpaired) electrons. The van der Waals surface area contributed by atoms with Crippen molar-refractivity contribution in [2.45, 2.75) is 59.0 Å². The number of benzene rings is 2. The second kappa shape index (κ2) is 7.83. The fourth-order valence-corrected chi connectivity index (χ4v) is 4.92. The standard InChI is InChI=1S/C26H30N6O/c1-6-26(4,5)32-24(28-29-30-32)23(31-12-11-18-9-7-8-10-22(18)31)20-15-19-17(3)13-16(2)14-21(19)27-25(20)33/h7-10,13-15,23H,6,11-12H2,1-5H3,(H,27,33)/t23-/m0/s1. The molecule has 1 aliphatic heterocycles. The molecule has 2 aromatic carbocycles. The van der Waals surface area contributed by atoms with Gasteiger partial charge in [-0.2, -0.15) is 0 Å². The molecule has 1 aliphatic rings. The first-order valence-electron chi connectivity index (χ1n) is 11.6. The van der Waals surface area contributed by atoms with Gasteiger partial charge in [-0.15, -0.1) is 5.10 Å². The van der Waals surface area contributed by atoms with Crippen molar-refractivity contribution in [2.75, 3.05) is 11.4 Å². The van der Waals surface area contributed by atoms with Crippen molar-refractivity contribution < 1.29 is 0 Å². The fraction of sp³-hybridized carbons (Fsp3) is 0.385. The van der Waals surface area contributed by atoms with E-state index in [1.165, 1.54) is 5.56 Å². The summed E-state index contributed by atoms with van der Waals surface area (Å²) in [5.74, 6) is 0.688. The summed E-state index contributed by atoms with van der Waals surface area (Å²) in [7, 11) is 0. The highest BCUT2D eigenvalue weighted by Gasteiger charge is 2.36. The summed E-state index contributed by atoms with van der Waals surface area (Å²) < 4.78 is 1.89. The number of aromatic nitrogens is 5. The second-order valence-electron chi connectivity index (χ2n) is 9.69. The summed E-state index contributed by atoms with van der Waals surface area (Å²) in [5, 5.41) is 14.0. The van der Waals surface area contributed by atoms with Crippen molar-refractivity contribution in [3.63, 3.8) is 0 Å². The van der Waals surface area contributed by atoms with E-state index in [1.54, 1.807) is 0 Å². The molecular formula is C26H30N6O. The zero-order valence-corrected chi connectivity index (χ0v) is 19.9. The number of pyridine rings is 1. The van der Waals surface area contributed by atoms with Crippen molar-refractivity contribution >= 4 is 16.6 Å². The Balaban J connectivity index is 1.78. The average molecular weight is 443 g/mol. The van der Waals surface area contributed by atoms with Gasteiger partial charge in [-0.05, 0) is 85.9 Å². The normalized spacial score (nSPS) is 14.6. The highest BCUT2D eigenvalue weighted by molar-refractivity contribution is 5.83. The molecule has 0 unspecified atom stereocenters. The Morgan fingerprint density at radius 1 is 1.15 bits per heavy atom. The zero-order valence-electron chi connectivity index (χ0n) is 19.9. The molecule has 0 saturated carbocycles. The van der Waals surface area contributed by atoms with E-state index in [0.29, 0.717) is 11.4 Å². The summed E-state index contributed by atoms with van der Waals surface area (Å²) in [6.07, 6.45) is 1.79. The number of tetrazole rings is 1. The van der Waals surface area contributed by atoms with Gasteiger partial charge < -0.3 is 9.88 Å². The Kier molecular flexibility index (Phi) is 5.07. The van der Waals surface area contributed by atoms with Gasteiger partial charge in [0, 0.05) is 28.7 Å². The number of nitrogens with zero attached hydrogens (tertiary/aromatic N) is 5. The van der Waals surface area contributed by atoms with Crippen LogP contribution in [0.25, 0.3) is 10.9 Å². The Morgan fingerprint density at radius 2 is 1.94 bits per heavy atom. The lowest BCUT2D eigenvalue weighted by atomic mass is 9.98. The van der Waals surface area contributed by atoms with Crippen molar-refractivity contribution in [1.82, 2.24) is 25.2 Å². The molecule has 0 saturated heterocycles. The Hall–Kier alpha value is -3.48. The first-order chi connectivity index (χ1) is 15.8. The predicted molar refractivity (Wildman–Crippen MR) is 131 cm³/mol. The van der Waals surface area contributed by atoms with Gasteiger partial charge in [0.2, 0.25) is 0 Å². The Bertz CT molecular complexity index is 1400. The van der Waals surface area contributed by atoms with E-state index in [-0.39, 0.29) is 11.1 Å². The van der Waals surface area contributed by atoms with E-state index in [2.05, 4.69) is 77.4 Å². The molecule has 0 spiro atoms. The van der Waals surface area contributed by atoms with Crippen LogP contribution >= 0.6 is 0 Å². The molecule has 1 atom stereocenters. The molecular weight excluding hydrogens is 412 g/mol. The van der Waals surface area contributed by atoms with Crippen molar-refractivity contribution in [3.05, 3.63) is 80.9 Å². The molecule has 7 nitrogen and oxygen atoms in total. The number of para-hydroxylation sites is 1. The Labute approximate surface area is 193 Å². The summed E-state index contributed by atoms with van der Waals surface area (Å²) >= 11 is 0. The largest absolute Gasteiger partial charge is 0.357 e. The van der Waals surface area contributed by atoms with E-state index in [4.69, 9.17) is 0 Å². The number of anilines is 1. The minimum Gasteiger partial charge on any atom is -0.357 e. The van der Waals surface area contributed by atoms with Crippen LogP contribution in [0.2, 0.25) is 0 Å². The van der Waals surface area contributed by atoms with Gasteiger partial charge >= 0.3 is 0 Å². The molecule has 3 heterocycles. The average Bonchev–Trinajstić information content (AvgIpc) is 3.43. The molecule has 7 heteroatoms. The van der Waals surface area contributed by atoms with E-state index in [9.17, 15) is 4.79 Å². The van der Waals surface area contributed by atoms with Crippen molar-refractivity contribution in [3.8, 4) is 0 Å². The molecule has 170 valence electrons. The lowest BCUT2D eigenvalue weighted by Gasteiger charge is -2.32. The minimum atomic E-state index is -0.400. The molecule has 33 heavy (non-hydrogen) atoms. The summed E-state index contributed by atoms with van der Waals surface area (Å²) in [4.78, 5) is 19.0. The fourth-order valence-electron chi connectivity index (χ4n) is 4.92. The first-order valence-corrected chi connectivity index (χ1v) is 11.6. The highest BCUT2D eigenvalue weighted by Crippen LogP contribution is 2.38. The van der Waals surface area contributed by atoms with Gasteiger partial charge in [-0.3, -0.25) is 4.79 Å². The van der Waals surface area contributed by atoms with Gasteiger partial charge in [0.15, 0.2) is 5.82 Å². The van der Waals surface area contributed by atoms with Crippen LogP contribution in [0.5, 0.6) is 0 Å². The van der Waals surface area contributed by atoms with E-state index in [0.717, 1.165) is 47.1 Å². The van der Waals surface area contributed by atoms with Crippen LogP contribution in [0, 0.1) is 13.8 Å². The van der Waals surface area contributed by atoms with Crippen LogP contribution in [0.4, 0.5) is 5.69 Å². The molecule has 0 aliphatic carbocycles. The molecule has 5 rings (SSSR count). The van der Waals surface area contributed by atoms with Crippen LogP contribution in [0.3, 0.4) is 0 Å². The van der Waals surface area contributed by atoms with Crippen LogP contribution in [0.1, 0.15) is 61.3 Å². The van der Waals surface area contributed by atoms with Crippen LogP contribution in [-0.4, -0.2) is 31.7 Å². The van der Waals surface area contributed by atoms with Gasteiger partial charge in [-0.25, -0.2) is 4.68 Å². The third-order valence-corrected chi connectivity index (χ3v) is 7.05. The van der Waals surface area contributed by atoms with Gasteiger partial charge in [0.05, 0.1) is 5.54 Å². The van der Waals surface area contributed by atoms with E-state index < -0.39 is 6.04 Å².